The van der Waals surface area contributed by atoms with Crippen LogP contribution >= 0.6 is 0 Å². The predicted molar refractivity (Wildman–Crippen MR) is 84.6 cm³/mol. The van der Waals surface area contributed by atoms with Crippen LogP contribution in [0.2, 0.25) is 0 Å². The van der Waals surface area contributed by atoms with E-state index >= 15 is 0 Å². The van der Waals surface area contributed by atoms with Crippen molar-refractivity contribution in [2.45, 2.75) is 25.4 Å². The van der Waals surface area contributed by atoms with Crippen molar-refractivity contribution in [3.63, 3.8) is 0 Å². The molecule has 0 bridgehead atoms. The number of methoxy groups -OCH3 is 1. The summed E-state index contributed by atoms with van der Waals surface area (Å²) < 4.78 is 13.0. The zero-order valence-electron chi connectivity index (χ0n) is 12.7. The zero-order valence-corrected chi connectivity index (χ0v) is 12.7. The first-order valence-electron chi connectivity index (χ1n) is 7.76. The van der Waals surface area contributed by atoms with Gasteiger partial charge in [-0.15, -0.1) is 0 Å². The van der Waals surface area contributed by atoms with E-state index in [1.165, 1.54) is 16.5 Å². The van der Waals surface area contributed by atoms with Crippen LogP contribution < -0.4 is 5.32 Å². The summed E-state index contributed by atoms with van der Waals surface area (Å²) in [5.41, 5.74) is 2.73. The number of fused-ring (bicyclic) bond motifs is 1. The van der Waals surface area contributed by atoms with Crippen molar-refractivity contribution in [3.05, 3.63) is 36.0 Å². The third-order valence-corrected chi connectivity index (χ3v) is 4.21. The van der Waals surface area contributed by atoms with Gasteiger partial charge in [0.2, 0.25) is 0 Å². The topological polar surface area (TPSA) is 35.4 Å². The lowest BCUT2D eigenvalue weighted by atomic mass is 10.1. The Hall–Kier alpha value is -1.36. The highest BCUT2D eigenvalue weighted by Gasteiger charge is 2.18. The fraction of sp³-hybridized carbons (Fsp3) is 0.529. The predicted octanol–water partition coefficient (Wildman–Crippen LogP) is 2.73. The van der Waals surface area contributed by atoms with E-state index in [0.29, 0.717) is 6.04 Å². The maximum absolute atomic E-state index is 5.49. The molecule has 1 fully saturated rings. The SMILES string of the molecule is COCCNCc1cccc2ccn(C3CCOCC3)c12. The minimum absolute atomic E-state index is 0.566. The van der Waals surface area contributed by atoms with Crippen LogP contribution in [0.15, 0.2) is 30.5 Å². The number of para-hydroxylation sites is 1. The summed E-state index contributed by atoms with van der Waals surface area (Å²) in [6, 6.07) is 9.35. The van der Waals surface area contributed by atoms with Crippen molar-refractivity contribution in [1.29, 1.82) is 0 Å². The number of benzene rings is 1. The van der Waals surface area contributed by atoms with Gasteiger partial charge in [0.25, 0.3) is 0 Å². The van der Waals surface area contributed by atoms with E-state index in [2.05, 4.69) is 40.3 Å². The molecule has 0 aliphatic carbocycles. The van der Waals surface area contributed by atoms with Crippen molar-refractivity contribution >= 4 is 10.9 Å². The molecule has 2 heterocycles. The molecule has 2 aromatic rings. The van der Waals surface area contributed by atoms with Crippen LogP contribution in [-0.4, -0.2) is 38.0 Å². The van der Waals surface area contributed by atoms with Gasteiger partial charge in [-0.3, -0.25) is 0 Å². The Labute approximate surface area is 126 Å². The number of rotatable bonds is 6. The van der Waals surface area contributed by atoms with Gasteiger partial charge in [-0.25, -0.2) is 0 Å². The molecular formula is C17H24N2O2. The Morgan fingerprint density at radius 1 is 1.29 bits per heavy atom. The average Bonchev–Trinajstić information content (AvgIpc) is 2.97. The Kier molecular flexibility index (Phi) is 4.91. The van der Waals surface area contributed by atoms with E-state index in [9.17, 15) is 0 Å². The van der Waals surface area contributed by atoms with Gasteiger partial charge >= 0.3 is 0 Å². The summed E-state index contributed by atoms with van der Waals surface area (Å²) >= 11 is 0. The van der Waals surface area contributed by atoms with Crippen molar-refractivity contribution in [2.24, 2.45) is 0 Å². The first-order chi connectivity index (χ1) is 10.4. The molecule has 1 aromatic carbocycles. The molecule has 1 aromatic heterocycles. The first kappa shape index (κ1) is 14.6. The van der Waals surface area contributed by atoms with Gasteiger partial charge in [-0.05, 0) is 29.9 Å². The largest absolute Gasteiger partial charge is 0.383 e. The van der Waals surface area contributed by atoms with Crippen LogP contribution in [0, 0.1) is 0 Å². The summed E-state index contributed by atoms with van der Waals surface area (Å²) in [5, 5.41) is 4.78. The Bertz CT molecular complexity index is 573. The number of hydrogen-bond acceptors (Lipinski definition) is 3. The molecule has 1 saturated heterocycles. The zero-order chi connectivity index (χ0) is 14.5. The van der Waals surface area contributed by atoms with Gasteiger partial charge in [0.15, 0.2) is 0 Å². The second-order valence-corrected chi connectivity index (χ2v) is 5.59. The van der Waals surface area contributed by atoms with Crippen molar-refractivity contribution in [2.75, 3.05) is 33.5 Å². The van der Waals surface area contributed by atoms with E-state index in [4.69, 9.17) is 9.47 Å². The average molecular weight is 288 g/mol. The number of hydrogen-bond donors (Lipinski definition) is 1. The van der Waals surface area contributed by atoms with Crippen molar-refractivity contribution in [3.8, 4) is 0 Å². The molecule has 0 radical (unpaired) electrons. The third-order valence-electron chi connectivity index (χ3n) is 4.21. The molecule has 0 atom stereocenters. The van der Waals surface area contributed by atoms with Crippen LogP contribution in [0.3, 0.4) is 0 Å². The van der Waals surface area contributed by atoms with E-state index in [1.54, 1.807) is 7.11 Å². The Balaban J connectivity index is 1.83. The standard InChI is InChI=1S/C17H24N2O2/c1-20-12-8-18-13-15-4-2-3-14-5-9-19(17(14)15)16-6-10-21-11-7-16/h2-5,9,16,18H,6-8,10-13H2,1H3. The second-order valence-electron chi connectivity index (χ2n) is 5.59. The molecule has 0 spiro atoms. The molecule has 0 amide bonds. The number of ether oxygens (including phenoxy) is 2. The van der Waals surface area contributed by atoms with Crippen LogP contribution in [-0.2, 0) is 16.0 Å². The lowest BCUT2D eigenvalue weighted by Gasteiger charge is -2.25. The highest BCUT2D eigenvalue weighted by molar-refractivity contribution is 5.83. The normalized spacial score (nSPS) is 16.6. The maximum Gasteiger partial charge on any atom is 0.0587 e. The summed E-state index contributed by atoms with van der Waals surface area (Å²) in [5.74, 6) is 0. The van der Waals surface area contributed by atoms with Gasteiger partial charge in [0.05, 0.1) is 12.1 Å². The number of nitrogens with one attached hydrogen (secondary N) is 1. The molecule has 0 unspecified atom stereocenters. The lowest BCUT2D eigenvalue weighted by molar-refractivity contribution is 0.0707. The molecule has 3 rings (SSSR count). The molecule has 4 nitrogen and oxygen atoms in total. The minimum atomic E-state index is 0.566. The van der Waals surface area contributed by atoms with Gasteiger partial charge in [-0.1, -0.05) is 18.2 Å². The van der Waals surface area contributed by atoms with Gasteiger partial charge in [-0.2, -0.15) is 0 Å². The van der Waals surface area contributed by atoms with Crippen molar-refractivity contribution in [1.82, 2.24) is 9.88 Å². The summed E-state index contributed by atoms with van der Waals surface area (Å²) in [4.78, 5) is 0. The molecular weight excluding hydrogens is 264 g/mol. The fourth-order valence-corrected chi connectivity index (χ4v) is 3.10. The quantitative estimate of drug-likeness (QED) is 0.830. The lowest BCUT2D eigenvalue weighted by Crippen LogP contribution is -2.21. The molecule has 21 heavy (non-hydrogen) atoms. The Morgan fingerprint density at radius 3 is 2.95 bits per heavy atom. The fourth-order valence-electron chi connectivity index (χ4n) is 3.10. The number of nitrogens with zero attached hydrogens (tertiary/aromatic N) is 1. The highest BCUT2D eigenvalue weighted by Crippen LogP contribution is 2.29. The van der Waals surface area contributed by atoms with E-state index in [1.807, 2.05) is 0 Å². The summed E-state index contributed by atoms with van der Waals surface area (Å²) in [6.45, 7) is 4.26. The highest BCUT2D eigenvalue weighted by atomic mass is 16.5. The summed E-state index contributed by atoms with van der Waals surface area (Å²) in [7, 11) is 1.73. The maximum atomic E-state index is 5.49. The molecule has 114 valence electrons. The van der Waals surface area contributed by atoms with E-state index in [0.717, 1.165) is 45.8 Å². The summed E-state index contributed by atoms with van der Waals surface area (Å²) in [6.07, 6.45) is 4.45. The monoisotopic (exact) mass is 288 g/mol. The van der Waals surface area contributed by atoms with E-state index < -0.39 is 0 Å². The van der Waals surface area contributed by atoms with Crippen LogP contribution in [0.25, 0.3) is 10.9 Å². The Morgan fingerprint density at radius 2 is 2.14 bits per heavy atom. The van der Waals surface area contributed by atoms with Crippen LogP contribution in [0.5, 0.6) is 0 Å². The van der Waals surface area contributed by atoms with Gasteiger partial charge in [0.1, 0.15) is 0 Å². The number of aromatic nitrogens is 1. The smallest absolute Gasteiger partial charge is 0.0587 e. The van der Waals surface area contributed by atoms with Gasteiger partial charge in [0, 0.05) is 45.7 Å². The van der Waals surface area contributed by atoms with Crippen LogP contribution in [0.4, 0.5) is 0 Å². The van der Waals surface area contributed by atoms with E-state index in [-0.39, 0.29) is 0 Å². The van der Waals surface area contributed by atoms with Gasteiger partial charge < -0.3 is 19.4 Å². The first-order valence-corrected chi connectivity index (χ1v) is 7.76. The van der Waals surface area contributed by atoms with Crippen molar-refractivity contribution < 1.29 is 9.47 Å². The molecule has 4 heteroatoms. The molecule has 1 N–H and O–H groups in total. The molecule has 0 saturated carbocycles. The molecule has 1 aliphatic rings. The van der Waals surface area contributed by atoms with Crippen LogP contribution in [0.1, 0.15) is 24.4 Å². The third kappa shape index (κ3) is 3.28. The second kappa shape index (κ2) is 7.07. The minimum Gasteiger partial charge on any atom is -0.383 e. The molecule has 1 aliphatic heterocycles.